The van der Waals surface area contributed by atoms with Gasteiger partial charge < -0.3 is 15.7 Å². The molecule has 0 radical (unpaired) electrons. The number of hydrogen-bond donors (Lipinski definition) is 3. The Hall–Kier alpha value is -2.84. The van der Waals surface area contributed by atoms with Gasteiger partial charge in [0.15, 0.2) is 5.78 Å². The van der Waals surface area contributed by atoms with E-state index in [4.69, 9.17) is 11.6 Å². The van der Waals surface area contributed by atoms with Crippen LogP contribution in [0.3, 0.4) is 0 Å². The molecule has 0 aliphatic carbocycles. The van der Waals surface area contributed by atoms with Crippen LogP contribution in [-0.2, 0) is 25.6 Å². The van der Waals surface area contributed by atoms with Crippen LogP contribution in [0.2, 0.25) is 5.02 Å². The maximum absolute atomic E-state index is 13.3. The topological polar surface area (TPSA) is 113 Å². The van der Waals surface area contributed by atoms with E-state index in [2.05, 4.69) is 10.6 Å². The number of ketones is 1. The van der Waals surface area contributed by atoms with Gasteiger partial charge >= 0.3 is 5.97 Å². The smallest absolute Gasteiger partial charge is 0.307 e. The molecule has 0 aliphatic rings. The summed E-state index contributed by atoms with van der Waals surface area (Å²) in [5.74, 6) is -2.80. The van der Waals surface area contributed by atoms with Crippen molar-refractivity contribution >= 4 is 52.6 Å². The first-order valence-electron chi connectivity index (χ1n) is 12.7. The summed E-state index contributed by atoms with van der Waals surface area (Å²) in [6, 6.07) is 15.0. The van der Waals surface area contributed by atoms with Gasteiger partial charge in [-0.2, -0.15) is 11.8 Å². The van der Waals surface area contributed by atoms with Gasteiger partial charge in [-0.3, -0.25) is 19.2 Å². The zero-order valence-corrected chi connectivity index (χ0v) is 23.7. The largest absolute Gasteiger partial charge is 0.481 e. The van der Waals surface area contributed by atoms with E-state index in [0.717, 1.165) is 5.56 Å². The Morgan fingerprint density at radius 2 is 1.61 bits per heavy atom. The Labute approximate surface area is 234 Å². The first kappa shape index (κ1) is 31.4. The summed E-state index contributed by atoms with van der Waals surface area (Å²) < 4.78 is 0. The number of thioether (sulfide) groups is 1. The Bertz CT molecular complexity index is 1060. The van der Waals surface area contributed by atoms with Crippen molar-refractivity contribution in [2.75, 3.05) is 17.3 Å². The Morgan fingerprint density at radius 3 is 2.18 bits per heavy atom. The van der Waals surface area contributed by atoms with Crippen LogP contribution in [0.1, 0.15) is 45.1 Å². The molecule has 0 aliphatic heterocycles. The summed E-state index contributed by atoms with van der Waals surface area (Å²) in [7, 11) is 0. The normalized spacial score (nSPS) is 13.4. The van der Waals surface area contributed by atoms with E-state index in [1.165, 1.54) is 0 Å². The molecular formula is C29H37ClN2O5S. The van der Waals surface area contributed by atoms with E-state index in [-0.39, 0.29) is 42.8 Å². The quantitative estimate of drug-likeness (QED) is 0.251. The molecule has 0 saturated carbocycles. The fourth-order valence-electron chi connectivity index (χ4n) is 4.12. The van der Waals surface area contributed by atoms with E-state index in [9.17, 15) is 24.3 Å². The number of Topliss-reactive ketones (excluding diaryl/α,β-unsaturated/α-hetero) is 1. The molecule has 2 amide bonds. The third kappa shape index (κ3) is 11.3. The van der Waals surface area contributed by atoms with Crippen LogP contribution in [0, 0.1) is 17.8 Å². The fraction of sp³-hybridized carbons (Fsp3) is 0.448. The van der Waals surface area contributed by atoms with Crippen LogP contribution in [0.4, 0.5) is 5.69 Å². The predicted molar refractivity (Wildman–Crippen MR) is 153 cm³/mol. The lowest BCUT2D eigenvalue weighted by Crippen LogP contribution is -2.46. The summed E-state index contributed by atoms with van der Waals surface area (Å²) >= 11 is 7.47. The number of benzene rings is 2. The van der Waals surface area contributed by atoms with Crippen LogP contribution in [0.25, 0.3) is 0 Å². The van der Waals surface area contributed by atoms with E-state index >= 15 is 0 Å². The lowest BCUT2D eigenvalue weighted by molar-refractivity contribution is -0.144. The van der Waals surface area contributed by atoms with Crippen molar-refractivity contribution in [1.82, 2.24) is 5.32 Å². The number of rotatable bonds is 16. The molecule has 2 aromatic rings. The fourth-order valence-corrected chi connectivity index (χ4v) is 4.76. The van der Waals surface area contributed by atoms with Crippen LogP contribution in [-0.4, -0.2) is 46.7 Å². The minimum Gasteiger partial charge on any atom is -0.481 e. The number of aliphatic carboxylic acids is 1. The molecule has 7 nitrogen and oxygen atoms in total. The van der Waals surface area contributed by atoms with E-state index in [1.54, 1.807) is 36.0 Å². The van der Waals surface area contributed by atoms with Gasteiger partial charge in [0.1, 0.15) is 0 Å². The van der Waals surface area contributed by atoms with Crippen LogP contribution < -0.4 is 10.6 Å². The zero-order chi connectivity index (χ0) is 28.1. The standard InChI is InChI=1S/C29H37ClN2O5S/c1-19(2)15-25(26(33)17-22(29(36)37)16-20-7-5-4-6-8-20)32-28(35)21(13-14-38-3)18-27(34)31-24-11-9-23(30)10-12-24/h4-12,19,21-22,25H,13-18H2,1-3H3,(H,31,34)(H,32,35)(H,36,37)/t21-,22-,25+/m1/s1. The summed E-state index contributed by atoms with van der Waals surface area (Å²) in [5.41, 5.74) is 1.41. The van der Waals surface area contributed by atoms with Gasteiger partial charge in [0, 0.05) is 29.5 Å². The van der Waals surface area contributed by atoms with Gasteiger partial charge in [-0.15, -0.1) is 0 Å². The van der Waals surface area contributed by atoms with Gasteiger partial charge in [-0.25, -0.2) is 0 Å². The minimum atomic E-state index is -1.05. The van der Waals surface area contributed by atoms with Crippen molar-refractivity contribution in [3.8, 4) is 0 Å². The molecule has 0 unspecified atom stereocenters. The van der Waals surface area contributed by atoms with E-state index < -0.39 is 23.8 Å². The molecule has 0 saturated heterocycles. The molecule has 0 aromatic heterocycles. The molecule has 206 valence electrons. The maximum Gasteiger partial charge on any atom is 0.307 e. The van der Waals surface area contributed by atoms with Crippen molar-refractivity contribution in [1.29, 1.82) is 0 Å². The number of carbonyl (C=O) groups is 4. The third-order valence-electron chi connectivity index (χ3n) is 6.14. The monoisotopic (exact) mass is 560 g/mol. The number of hydrogen-bond acceptors (Lipinski definition) is 5. The second-order valence-corrected chi connectivity index (χ2v) is 11.2. The number of amides is 2. The van der Waals surface area contributed by atoms with Gasteiger partial charge in [-0.05, 0) is 67.0 Å². The van der Waals surface area contributed by atoms with Gasteiger partial charge in [-0.1, -0.05) is 55.8 Å². The number of nitrogens with one attached hydrogen (secondary N) is 2. The van der Waals surface area contributed by atoms with Crippen molar-refractivity contribution in [2.24, 2.45) is 17.8 Å². The zero-order valence-electron chi connectivity index (χ0n) is 22.1. The molecule has 0 bridgehead atoms. The summed E-state index contributed by atoms with van der Waals surface area (Å²) in [4.78, 5) is 51.2. The maximum atomic E-state index is 13.3. The second kappa shape index (κ2) is 16.2. The highest BCUT2D eigenvalue weighted by Gasteiger charge is 2.30. The van der Waals surface area contributed by atoms with Crippen LogP contribution in [0.15, 0.2) is 54.6 Å². The third-order valence-corrected chi connectivity index (χ3v) is 7.03. The molecule has 0 heterocycles. The molecule has 38 heavy (non-hydrogen) atoms. The van der Waals surface area contributed by atoms with Crippen molar-refractivity contribution in [3.05, 3.63) is 65.2 Å². The summed E-state index contributed by atoms with van der Waals surface area (Å²) in [6.07, 6.45) is 2.78. The average molecular weight is 561 g/mol. The number of carbonyl (C=O) groups excluding carboxylic acids is 3. The molecule has 0 fully saturated rings. The minimum absolute atomic E-state index is 0.0383. The average Bonchev–Trinajstić information content (AvgIpc) is 2.87. The van der Waals surface area contributed by atoms with Crippen molar-refractivity contribution in [2.45, 2.75) is 52.0 Å². The SMILES string of the molecule is CSCC[C@H](CC(=O)Nc1ccc(Cl)cc1)C(=O)N[C@@H](CC(C)C)C(=O)C[C@@H](Cc1ccccc1)C(=O)O. The Kier molecular flexibility index (Phi) is 13.4. The molecule has 3 atom stereocenters. The first-order valence-corrected chi connectivity index (χ1v) is 14.5. The number of carboxylic acids is 1. The van der Waals surface area contributed by atoms with E-state index in [1.807, 2.05) is 50.4 Å². The number of anilines is 1. The first-order chi connectivity index (χ1) is 18.1. The van der Waals surface area contributed by atoms with Gasteiger partial charge in [0.2, 0.25) is 11.8 Å². The highest BCUT2D eigenvalue weighted by Crippen LogP contribution is 2.20. The molecule has 9 heteroatoms. The molecule has 0 spiro atoms. The van der Waals surface area contributed by atoms with Crippen molar-refractivity contribution < 1.29 is 24.3 Å². The summed E-state index contributed by atoms with van der Waals surface area (Å²) in [5, 5.41) is 15.9. The predicted octanol–water partition coefficient (Wildman–Crippen LogP) is 5.47. The van der Waals surface area contributed by atoms with Crippen molar-refractivity contribution in [3.63, 3.8) is 0 Å². The molecular weight excluding hydrogens is 524 g/mol. The van der Waals surface area contributed by atoms with Crippen LogP contribution in [0.5, 0.6) is 0 Å². The van der Waals surface area contributed by atoms with Crippen LogP contribution >= 0.6 is 23.4 Å². The molecule has 2 aromatic carbocycles. The number of carboxylic acid groups (broad SMARTS) is 1. The summed E-state index contributed by atoms with van der Waals surface area (Å²) in [6.45, 7) is 3.88. The highest BCUT2D eigenvalue weighted by molar-refractivity contribution is 7.98. The highest BCUT2D eigenvalue weighted by atomic mass is 35.5. The number of halogens is 1. The van der Waals surface area contributed by atoms with E-state index in [0.29, 0.717) is 29.3 Å². The van der Waals surface area contributed by atoms with Gasteiger partial charge in [0.25, 0.3) is 0 Å². The Morgan fingerprint density at radius 1 is 0.947 bits per heavy atom. The molecule has 3 N–H and O–H groups in total. The lowest BCUT2D eigenvalue weighted by Gasteiger charge is -2.24. The van der Waals surface area contributed by atoms with Gasteiger partial charge in [0.05, 0.1) is 12.0 Å². The molecule has 2 rings (SSSR count). The lowest BCUT2D eigenvalue weighted by atomic mass is 9.89. The Balaban J connectivity index is 2.10. The second-order valence-electron chi connectivity index (χ2n) is 9.82.